The van der Waals surface area contributed by atoms with Crippen molar-refractivity contribution in [3.63, 3.8) is 0 Å². The highest BCUT2D eigenvalue weighted by Crippen LogP contribution is 2.38. The Balaban J connectivity index is 1.14. The van der Waals surface area contributed by atoms with Gasteiger partial charge in [0.05, 0.1) is 57.6 Å². The van der Waals surface area contributed by atoms with Crippen molar-refractivity contribution < 1.29 is 47.7 Å². The Kier molecular flexibility index (Phi) is 16.2. The van der Waals surface area contributed by atoms with E-state index in [0.717, 1.165) is 38.5 Å². The van der Waals surface area contributed by atoms with Crippen LogP contribution in [0, 0.1) is 6.92 Å². The maximum absolute atomic E-state index is 12.1. The first-order chi connectivity index (χ1) is 29.4. The molecule has 5 aromatic carbocycles. The molecule has 0 aromatic heterocycles. The van der Waals surface area contributed by atoms with Crippen molar-refractivity contribution in [2.24, 2.45) is 0 Å². The summed E-state index contributed by atoms with van der Waals surface area (Å²) in [6, 6.07) is 45.9. The van der Waals surface area contributed by atoms with E-state index in [1.54, 1.807) is 14.2 Å². The van der Waals surface area contributed by atoms with Gasteiger partial charge in [0, 0.05) is 12.0 Å². The molecule has 0 amide bonds. The summed E-state index contributed by atoms with van der Waals surface area (Å²) >= 11 is 1.50. The molecule has 0 saturated carbocycles. The molecule has 10 nitrogen and oxygen atoms in total. The summed E-state index contributed by atoms with van der Waals surface area (Å²) in [4.78, 5) is 0.968. The molecule has 0 radical (unpaired) electrons. The molecular formula is C49H56O10S. The highest BCUT2D eigenvalue weighted by Gasteiger charge is 2.50. The standard InChI is InChI=1S/C49H56O10S/c1-33-20-26-40(27-21-33)60-47-42(50)43(53-31-38-22-24-39(51-3)25-23-38)34(2)58-49(47)57-32-41-44(54-28-35-14-8-5-9-15-35)45(55-29-36-16-10-6-11-17-36)46(48(52-4)59-41)56-30-37-18-12-7-13-19-37/h5-27,34,41-50H,28-32H2,1-4H3/t34-,41+,42-,43+,44+,45-,46+,47+,48-,49+/m0/s1. The number of hydrogen-bond donors (Lipinski definition) is 1. The highest BCUT2D eigenvalue weighted by atomic mass is 32.2. The quantitative estimate of drug-likeness (QED) is 0.0870. The Morgan fingerprint density at radius 3 is 1.57 bits per heavy atom. The summed E-state index contributed by atoms with van der Waals surface area (Å²) in [6.45, 7) is 5.21. The monoisotopic (exact) mass is 836 g/mol. The number of hydrogen-bond acceptors (Lipinski definition) is 11. The van der Waals surface area contributed by atoms with Gasteiger partial charge in [0.25, 0.3) is 0 Å². The number of thioether (sulfide) groups is 1. The highest BCUT2D eigenvalue weighted by molar-refractivity contribution is 8.00. The Hall–Kier alpha value is -4.11. The Bertz CT molecular complexity index is 1970. The predicted octanol–water partition coefficient (Wildman–Crippen LogP) is 8.30. The zero-order valence-electron chi connectivity index (χ0n) is 34.6. The van der Waals surface area contributed by atoms with Crippen LogP contribution in [0.2, 0.25) is 0 Å². The largest absolute Gasteiger partial charge is 0.497 e. The molecule has 60 heavy (non-hydrogen) atoms. The van der Waals surface area contributed by atoms with Crippen molar-refractivity contribution in [1.82, 2.24) is 0 Å². The van der Waals surface area contributed by atoms with E-state index in [1.165, 1.54) is 11.8 Å². The smallest absolute Gasteiger partial charge is 0.186 e. The van der Waals surface area contributed by atoms with Gasteiger partial charge in [-0.2, -0.15) is 0 Å². The molecule has 0 unspecified atom stereocenters. The molecule has 0 spiro atoms. The first kappa shape index (κ1) is 44.0. The number of methoxy groups -OCH3 is 2. The van der Waals surface area contributed by atoms with E-state index in [1.807, 2.05) is 141 Å². The molecular weight excluding hydrogens is 781 g/mol. The molecule has 2 heterocycles. The number of benzene rings is 5. The lowest BCUT2D eigenvalue weighted by atomic mass is 9.97. The van der Waals surface area contributed by atoms with Crippen LogP contribution in [0.25, 0.3) is 0 Å². The first-order valence-electron chi connectivity index (χ1n) is 20.5. The Morgan fingerprint density at radius 1 is 0.533 bits per heavy atom. The fourth-order valence-corrected chi connectivity index (χ4v) is 8.59. The molecule has 11 heteroatoms. The van der Waals surface area contributed by atoms with Gasteiger partial charge in [-0.25, -0.2) is 0 Å². The summed E-state index contributed by atoms with van der Waals surface area (Å²) < 4.78 is 58.0. The van der Waals surface area contributed by atoms with Crippen LogP contribution in [0.1, 0.15) is 34.7 Å². The van der Waals surface area contributed by atoms with Gasteiger partial charge in [-0.3, -0.25) is 0 Å². The van der Waals surface area contributed by atoms with Crippen LogP contribution in [0.5, 0.6) is 5.75 Å². The average molecular weight is 837 g/mol. The number of ether oxygens (including phenoxy) is 9. The molecule has 2 aliphatic heterocycles. The molecule has 318 valence electrons. The lowest BCUT2D eigenvalue weighted by Crippen LogP contribution is -2.62. The second kappa shape index (κ2) is 22.1. The second-order valence-corrected chi connectivity index (χ2v) is 16.4. The van der Waals surface area contributed by atoms with Gasteiger partial charge in [-0.15, -0.1) is 11.8 Å². The number of aliphatic hydroxyl groups is 1. The minimum absolute atomic E-state index is 0.0440. The van der Waals surface area contributed by atoms with Crippen LogP contribution in [-0.4, -0.2) is 86.5 Å². The Labute approximate surface area is 358 Å². The van der Waals surface area contributed by atoms with Gasteiger partial charge < -0.3 is 47.7 Å². The zero-order chi connectivity index (χ0) is 41.7. The van der Waals surface area contributed by atoms with Crippen molar-refractivity contribution in [3.8, 4) is 5.75 Å². The molecule has 7 rings (SSSR count). The fourth-order valence-electron chi connectivity index (χ4n) is 7.43. The molecule has 2 saturated heterocycles. The van der Waals surface area contributed by atoms with Gasteiger partial charge in [0.2, 0.25) is 0 Å². The van der Waals surface area contributed by atoms with Crippen LogP contribution >= 0.6 is 11.8 Å². The number of aliphatic hydroxyl groups excluding tert-OH is 1. The van der Waals surface area contributed by atoms with E-state index < -0.39 is 60.6 Å². The second-order valence-electron chi connectivity index (χ2n) is 15.1. The average Bonchev–Trinajstić information content (AvgIpc) is 3.29. The van der Waals surface area contributed by atoms with Crippen molar-refractivity contribution in [1.29, 1.82) is 0 Å². The van der Waals surface area contributed by atoms with Crippen LogP contribution in [0.4, 0.5) is 0 Å². The summed E-state index contributed by atoms with van der Waals surface area (Å²) in [7, 11) is 3.24. The Morgan fingerprint density at radius 2 is 1.03 bits per heavy atom. The van der Waals surface area contributed by atoms with Gasteiger partial charge in [-0.1, -0.05) is 121 Å². The normalized spacial score (nSPS) is 26.8. The molecule has 0 aliphatic carbocycles. The zero-order valence-corrected chi connectivity index (χ0v) is 35.4. The SMILES string of the molecule is COc1ccc(CO[C@H]2[C@H](O)[C@@H](Sc3ccc(C)cc3)[C@H](OC[C@H]3O[C@H](OC)[C@H](OCc4ccccc4)[C@@H](OCc4ccccc4)[C@@H]3OCc3ccccc3)O[C@H]2C)cc1. The van der Waals surface area contributed by atoms with E-state index >= 15 is 0 Å². The topological polar surface area (TPSA) is 103 Å². The number of aryl methyl sites for hydroxylation is 1. The van der Waals surface area contributed by atoms with E-state index in [4.69, 9.17) is 42.6 Å². The fraction of sp³-hybridized carbons (Fsp3) is 0.388. The van der Waals surface area contributed by atoms with Crippen molar-refractivity contribution in [3.05, 3.63) is 167 Å². The van der Waals surface area contributed by atoms with E-state index in [0.29, 0.717) is 26.4 Å². The van der Waals surface area contributed by atoms with Crippen LogP contribution in [-0.2, 0) is 64.3 Å². The third-order valence-electron chi connectivity index (χ3n) is 10.8. The number of rotatable bonds is 19. The minimum atomic E-state index is -0.940. The molecule has 0 bridgehead atoms. The third-order valence-corrected chi connectivity index (χ3v) is 12.1. The summed E-state index contributed by atoms with van der Waals surface area (Å²) in [5.74, 6) is 0.762. The van der Waals surface area contributed by atoms with Crippen molar-refractivity contribution in [2.75, 3.05) is 20.8 Å². The van der Waals surface area contributed by atoms with Crippen LogP contribution in [0.3, 0.4) is 0 Å². The van der Waals surface area contributed by atoms with E-state index in [9.17, 15) is 5.11 Å². The maximum Gasteiger partial charge on any atom is 0.186 e. The molecule has 10 atom stereocenters. The lowest BCUT2D eigenvalue weighted by molar-refractivity contribution is -0.332. The minimum Gasteiger partial charge on any atom is -0.497 e. The van der Waals surface area contributed by atoms with Gasteiger partial charge >= 0.3 is 0 Å². The summed E-state index contributed by atoms with van der Waals surface area (Å²) in [6.07, 6.45) is -6.34. The molecule has 2 fully saturated rings. The van der Waals surface area contributed by atoms with E-state index in [2.05, 4.69) is 12.1 Å². The van der Waals surface area contributed by atoms with Crippen molar-refractivity contribution >= 4 is 11.8 Å². The lowest BCUT2D eigenvalue weighted by Gasteiger charge is -2.47. The van der Waals surface area contributed by atoms with Gasteiger partial charge in [0.15, 0.2) is 12.6 Å². The maximum atomic E-state index is 12.1. The van der Waals surface area contributed by atoms with Gasteiger partial charge in [-0.05, 0) is 60.4 Å². The molecule has 5 aromatic rings. The van der Waals surface area contributed by atoms with Crippen molar-refractivity contribution in [2.45, 2.75) is 106 Å². The van der Waals surface area contributed by atoms with Crippen LogP contribution in [0.15, 0.2) is 144 Å². The summed E-state index contributed by atoms with van der Waals surface area (Å²) in [5, 5.41) is 11.5. The predicted molar refractivity (Wildman–Crippen MR) is 229 cm³/mol. The summed E-state index contributed by atoms with van der Waals surface area (Å²) in [5.41, 5.74) is 5.10. The first-order valence-corrected chi connectivity index (χ1v) is 21.3. The van der Waals surface area contributed by atoms with Crippen LogP contribution < -0.4 is 4.74 Å². The van der Waals surface area contributed by atoms with E-state index in [-0.39, 0.29) is 6.61 Å². The molecule has 1 N–H and O–H groups in total. The van der Waals surface area contributed by atoms with Gasteiger partial charge in [0.1, 0.15) is 36.3 Å². The molecule has 2 aliphatic rings. The third kappa shape index (κ3) is 11.8.